The molecule has 1 aliphatic rings. The minimum absolute atomic E-state index is 0.391. The molecule has 0 atom stereocenters. The summed E-state index contributed by atoms with van der Waals surface area (Å²) in [5.41, 5.74) is 0.930. The Morgan fingerprint density at radius 3 is 2.39 bits per heavy atom. The summed E-state index contributed by atoms with van der Waals surface area (Å²) in [7, 11) is 0. The molecule has 1 aliphatic carbocycles. The van der Waals surface area contributed by atoms with Crippen molar-refractivity contribution in [2.24, 2.45) is 11.8 Å². The molecule has 0 aliphatic heterocycles. The van der Waals surface area contributed by atoms with Gasteiger partial charge in [0.15, 0.2) is 11.6 Å². The fourth-order valence-electron chi connectivity index (χ4n) is 2.86. The Morgan fingerprint density at radius 2 is 1.72 bits per heavy atom. The van der Waals surface area contributed by atoms with Gasteiger partial charge in [0.2, 0.25) is 0 Å². The molecule has 0 radical (unpaired) electrons. The van der Waals surface area contributed by atoms with Gasteiger partial charge in [-0.15, -0.1) is 0 Å². The fourth-order valence-corrected chi connectivity index (χ4v) is 2.86. The topological polar surface area (TPSA) is 0 Å². The van der Waals surface area contributed by atoms with Gasteiger partial charge in [0, 0.05) is 0 Å². The monoisotopic (exact) mass is 252 g/mol. The maximum atomic E-state index is 13.7. The van der Waals surface area contributed by atoms with E-state index >= 15 is 0 Å². The van der Waals surface area contributed by atoms with E-state index in [0.717, 1.165) is 12.3 Å². The molecule has 1 aromatic carbocycles. The SMILES string of the molecule is Cc1ccc(CCC2CCC(C)CC2)c(F)c1F. The van der Waals surface area contributed by atoms with Gasteiger partial charge < -0.3 is 0 Å². The second-order valence-corrected chi connectivity index (χ2v) is 5.83. The molecule has 0 heterocycles. The van der Waals surface area contributed by atoms with E-state index in [1.807, 2.05) is 0 Å². The van der Waals surface area contributed by atoms with Gasteiger partial charge in [0.05, 0.1) is 0 Å². The lowest BCUT2D eigenvalue weighted by Crippen LogP contribution is -2.13. The molecule has 0 aromatic heterocycles. The van der Waals surface area contributed by atoms with Crippen LogP contribution in [0, 0.1) is 30.4 Å². The van der Waals surface area contributed by atoms with Crippen molar-refractivity contribution in [1.82, 2.24) is 0 Å². The Labute approximate surface area is 108 Å². The molecule has 0 spiro atoms. The Balaban J connectivity index is 1.92. The summed E-state index contributed by atoms with van der Waals surface area (Å²) in [5.74, 6) is 0.226. The third kappa shape index (κ3) is 3.09. The predicted octanol–water partition coefficient (Wildman–Crippen LogP) is 5.03. The van der Waals surface area contributed by atoms with Crippen LogP contribution in [0.25, 0.3) is 0 Å². The second kappa shape index (κ2) is 5.81. The summed E-state index contributed by atoms with van der Waals surface area (Å²) in [6.45, 7) is 3.90. The number of hydrogen-bond donors (Lipinski definition) is 0. The molecule has 0 unspecified atom stereocenters. The van der Waals surface area contributed by atoms with Gasteiger partial charge in [-0.2, -0.15) is 0 Å². The molecular weight excluding hydrogens is 230 g/mol. The van der Waals surface area contributed by atoms with E-state index in [4.69, 9.17) is 0 Å². The highest BCUT2D eigenvalue weighted by atomic mass is 19.2. The van der Waals surface area contributed by atoms with Crippen molar-refractivity contribution in [1.29, 1.82) is 0 Å². The molecule has 0 nitrogen and oxygen atoms in total. The highest BCUT2D eigenvalue weighted by Crippen LogP contribution is 2.31. The average Bonchev–Trinajstić information content (AvgIpc) is 2.37. The van der Waals surface area contributed by atoms with Gasteiger partial charge in [-0.25, -0.2) is 8.78 Å². The first-order chi connectivity index (χ1) is 8.58. The van der Waals surface area contributed by atoms with Gasteiger partial charge >= 0.3 is 0 Å². The third-order valence-electron chi connectivity index (χ3n) is 4.31. The number of rotatable bonds is 3. The lowest BCUT2D eigenvalue weighted by Gasteiger charge is -2.26. The molecule has 2 heteroatoms. The highest BCUT2D eigenvalue weighted by Gasteiger charge is 2.19. The molecular formula is C16H22F2. The number of benzene rings is 1. The van der Waals surface area contributed by atoms with E-state index < -0.39 is 11.6 Å². The maximum Gasteiger partial charge on any atom is 0.162 e. The van der Waals surface area contributed by atoms with E-state index in [0.29, 0.717) is 23.5 Å². The summed E-state index contributed by atoms with van der Waals surface area (Å²) in [6, 6.07) is 3.41. The van der Waals surface area contributed by atoms with Crippen molar-refractivity contribution in [2.45, 2.75) is 52.4 Å². The summed E-state index contributed by atoms with van der Waals surface area (Å²) in [4.78, 5) is 0. The van der Waals surface area contributed by atoms with Crippen LogP contribution in [-0.2, 0) is 6.42 Å². The van der Waals surface area contributed by atoms with Crippen molar-refractivity contribution in [3.05, 3.63) is 34.9 Å². The smallest absolute Gasteiger partial charge is 0.162 e. The Bertz CT molecular complexity index is 404. The van der Waals surface area contributed by atoms with Crippen molar-refractivity contribution in [3.63, 3.8) is 0 Å². The number of aryl methyl sites for hydroxylation is 2. The summed E-state index contributed by atoms with van der Waals surface area (Å²) in [6.07, 6.45) is 6.73. The van der Waals surface area contributed by atoms with Crippen LogP contribution in [0.15, 0.2) is 12.1 Å². The van der Waals surface area contributed by atoms with Crippen molar-refractivity contribution in [2.75, 3.05) is 0 Å². The van der Waals surface area contributed by atoms with Gasteiger partial charge in [0.25, 0.3) is 0 Å². The minimum Gasteiger partial charge on any atom is -0.203 e. The Kier molecular flexibility index (Phi) is 4.36. The quantitative estimate of drug-likeness (QED) is 0.707. The van der Waals surface area contributed by atoms with E-state index in [2.05, 4.69) is 6.92 Å². The first-order valence-corrected chi connectivity index (χ1v) is 7.01. The molecule has 18 heavy (non-hydrogen) atoms. The van der Waals surface area contributed by atoms with Crippen LogP contribution in [0.2, 0.25) is 0 Å². The highest BCUT2D eigenvalue weighted by molar-refractivity contribution is 5.25. The molecule has 0 N–H and O–H groups in total. The Hall–Kier alpha value is -0.920. The van der Waals surface area contributed by atoms with Gasteiger partial charge in [-0.1, -0.05) is 44.7 Å². The summed E-state index contributed by atoms with van der Waals surface area (Å²) < 4.78 is 27.1. The van der Waals surface area contributed by atoms with Crippen molar-refractivity contribution >= 4 is 0 Å². The van der Waals surface area contributed by atoms with E-state index in [9.17, 15) is 8.78 Å². The van der Waals surface area contributed by atoms with Crippen LogP contribution < -0.4 is 0 Å². The van der Waals surface area contributed by atoms with Crippen LogP contribution >= 0.6 is 0 Å². The Morgan fingerprint density at radius 1 is 1.06 bits per heavy atom. The normalized spacial score (nSPS) is 24.2. The van der Waals surface area contributed by atoms with Crippen LogP contribution in [0.5, 0.6) is 0 Å². The molecule has 1 fully saturated rings. The molecule has 0 saturated heterocycles. The zero-order chi connectivity index (χ0) is 13.1. The molecule has 2 rings (SSSR count). The minimum atomic E-state index is -0.676. The zero-order valence-electron chi connectivity index (χ0n) is 11.3. The van der Waals surface area contributed by atoms with Crippen LogP contribution in [0.1, 0.15) is 50.2 Å². The van der Waals surface area contributed by atoms with Crippen LogP contribution in [0.3, 0.4) is 0 Å². The van der Waals surface area contributed by atoms with E-state index in [1.54, 1.807) is 19.1 Å². The summed E-state index contributed by atoms with van der Waals surface area (Å²) in [5, 5.41) is 0. The third-order valence-corrected chi connectivity index (χ3v) is 4.31. The van der Waals surface area contributed by atoms with Crippen LogP contribution in [-0.4, -0.2) is 0 Å². The second-order valence-electron chi connectivity index (χ2n) is 5.83. The van der Waals surface area contributed by atoms with Gasteiger partial charge in [-0.3, -0.25) is 0 Å². The van der Waals surface area contributed by atoms with Crippen molar-refractivity contribution < 1.29 is 8.78 Å². The zero-order valence-corrected chi connectivity index (χ0v) is 11.3. The molecule has 0 bridgehead atoms. The number of hydrogen-bond acceptors (Lipinski definition) is 0. The van der Waals surface area contributed by atoms with E-state index in [-0.39, 0.29) is 0 Å². The lowest BCUT2D eigenvalue weighted by molar-refractivity contribution is 0.277. The first kappa shape index (κ1) is 13.5. The standard InChI is InChI=1S/C16H22F2/c1-11-3-6-13(7-4-11)8-10-14-9-5-12(2)15(17)16(14)18/h5,9,11,13H,3-4,6-8,10H2,1-2H3. The summed E-state index contributed by atoms with van der Waals surface area (Å²) >= 11 is 0. The van der Waals surface area contributed by atoms with E-state index in [1.165, 1.54) is 25.7 Å². The molecule has 1 saturated carbocycles. The van der Waals surface area contributed by atoms with Gasteiger partial charge in [0.1, 0.15) is 0 Å². The van der Waals surface area contributed by atoms with Gasteiger partial charge in [-0.05, 0) is 42.7 Å². The maximum absolute atomic E-state index is 13.7. The predicted molar refractivity (Wildman–Crippen MR) is 70.5 cm³/mol. The molecule has 1 aromatic rings. The first-order valence-electron chi connectivity index (χ1n) is 7.01. The molecule has 100 valence electrons. The van der Waals surface area contributed by atoms with Crippen molar-refractivity contribution in [3.8, 4) is 0 Å². The fraction of sp³-hybridized carbons (Fsp3) is 0.625. The van der Waals surface area contributed by atoms with Crippen LogP contribution in [0.4, 0.5) is 8.78 Å². The molecule has 0 amide bonds. The number of halogens is 2. The average molecular weight is 252 g/mol. The largest absolute Gasteiger partial charge is 0.203 e. The lowest BCUT2D eigenvalue weighted by atomic mass is 9.80.